The molecule has 26 heavy (non-hydrogen) atoms. The van der Waals surface area contributed by atoms with Crippen molar-refractivity contribution in [1.29, 1.82) is 0 Å². The lowest BCUT2D eigenvalue weighted by molar-refractivity contribution is 0.0751. The van der Waals surface area contributed by atoms with Crippen molar-refractivity contribution >= 4 is 17.5 Å². The number of halogens is 1. The second kappa shape index (κ2) is 8.04. The topological polar surface area (TPSA) is 55.2 Å². The van der Waals surface area contributed by atoms with E-state index in [0.29, 0.717) is 23.2 Å². The van der Waals surface area contributed by atoms with Crippen LogP contribution in [0, 0.1) is 12.8 Å². The molecular formula is C20H24ClN3O2. The number of aromatic nitrogens is 2. The van der Waals surface area contributed by atoms with Crippen LogP contribution in [-0.2, 0) is 0 Å². The van der Waals surface area contributed by atoms with E-state index in [1.807, 2.05) is 12.1 Å². The number of nitrogens with zero attached hydrogens (tertiary/aromatic N) is 3. The molecule has 0 unspecified atom stereocenters. The third-order valence-electron chi connectivity index (χ3n) is 4.98. The third-order valence-corrected chi connectivity index (χ3v) is 5.24. The number of hydrogen-bond acceptors (Lipinski definition) is 3. The van der Waals surface area contributed by atoms with Crippen molar-refractivity contribution in [3.8, 4) is 5.69 Å². The van der Waals surface area contributed by atoms with Gasteiger partial charge in [0.1, 0.15) is 0 Å². The Labute approximate surface area is 158 Å². The van der Waals surface area contributed by atoms with Gasteiger partial charge in [-0.25, -0.2) is 4.68 Å². The van der Waals surface area contributed by atoms with Gasteiger partial charge in [0.15, 0.2) is 5.69 Å². The molecule has 1 amide bonds. The van der Waals surface area contributed by atoms with Crippen molar-refractivity contribution in [2.24, 2.45) is 5.92 Å². The molecule has 0 saturated heterocycles. The first-order chi connectivity index (χ1) is 12.5. The Bertz CT molecular complexity index is 839. The van der Waals surface area contributed by atoms with Crippen LogP contribution in [0.5, 0.6) is 0 Å². The van der Waals surface area contributed by atoms with Crippen molar-refractivity contribution in [2.45, 2.75) is 39.0 Å². The molecule has 1 fully saturated rings. The highest BCUT2D eigenvalue weighted by atomic mass is 35.5. The Morgan fingerprint density at radius 3 is 2.54 bits per heavy atom. The van der Waals surface area contributed by atoms with E-state index in [1.165, 1.54) is 25.3 Å². The number of benzene rings is 1. The number of rotatable bonds is 4. The monoisotopic (exact) mass is 373 g/mol. The molecular weight excluding hydrogens is 350 g/mol. The van der Waals surface area contributed by atoms with Gasteiger partial charge in [-0.05, 0) is 49.9 Å². The zero-order valence-electron chi connectivity index (χ0n) is 15.2. The molecule has 5 nitrogen and oxygen atoms in total. The van der Waals surface area contributed by atoms with Crippen molar-refractivity contribution in [2.75, 3.05) is 13.6 Å². The average Bonchev–Trinajstić information content (AvgIpc) is 2.63. The smallest absolute Gasteiger partial charge is 0.278 e. The molecule has 0 N–H and O–H groups in total. The van der Waals surface area contributed by atoms with Crippen LogP contribution in [0.3, 0.4) is 0 Å². The Kier molecular flexibility index (Phi) is 5.77. The fourth-order valence-electron chi connectivity index (χ4n) is 3.56. The molecule has 0 aliphatic heterocycles. The maximum atomic E-state index is 12.8. The van der Waals surface area contributed by atoms with Gasteiger partial charge in [-0.15, -0.1) is 0 Å². The molecule has 3 rings (SSSR count). The van der Waals surface area contributed by atoms with Crippen LogP contribution in [0.15, 0.2) is 35.1 Å². The second-order valence-electron chi connectivity index (χ2n) is 7.08. The lowest BCUT2D eigenvalue weighted by atomic mass is 9.89. The second-order valence-corrected chi connectivity index (χ2v) is 7.51. The molecule has 1 aromatic carbocycles. The maximum absolute atomic E-state index is 12.8. The molecule has 0 bridgehead atoms. The summed E-state index contributed by atoms with van der Waals surface area (Å²) in [4.78, 5) is 26.8. The molecule has 1 heterocycles. The quantitative estimate of drug-likeness (QED) is 0.818. The number of carbonyl (C=O) groups excluding carboxylic acids is 1. The fourth-order valence-corrected chi connectivity index (χ4v) is 3.69. The zero-order chi connectivity index (χ0) is 18.7. The summed E-state index contributed by atoms with van der Waals surface area (Å²) in [7, 11) is 1.75. The summed E-state index contributed by atoms with van der Waals surface area (Å²) in [6, 6.07) is 8.60. The Morgan fingerprint density at radius 1 is 1.23 bits per heavy atom. The summed E-state index contributed by atoms with van der Waals surface area (Å²) in [5, 5.41) is 4.98. The largest absolute Gasteiger partial charge is 0.340 e. The minimum atomic E-state index is -0.340. The summed E-state index contributed by atoms with van der Waals surface area (Å²) < 4.78 is 1.61. The molecule has 1 saturated carbocycles. The average molecular weight is 374 g/mol. The van der Waals surface area contributed by atoms with Gasteiger partial charge in [0.05, 0.1) is 5.69 Å². The lowest BCUT2D eigenvalue weighted by Gasteiger charge is -2.26. The van der Waals surface area contributed by atoms with Gasteiger partial charge < -0.3 is 4.90 Å². The predicted octanol–water partition coefficient (Wildman–Crippen LogP) is 3.85. The molecule has 1 aliphatic carbocycles. The first-order valence-corrected chi connectivity index (χ1v) is 9.46. The van der Waals surface area contributed by atoms with Crippen LogP contribution in [0.25, 0.3) is 5.69 Å². The van der Waals surface area contributed by atoms with Crippen molar-refractivity contribution in [3.05, 3.63) is 57.0 Å². The van der Waals surface area contributed by atoms with E-state index in [4.69, 9.17) is 11.6 Å². The summed E-state index contributed by atoms with van der Waals surface area (Å²) in [6.45, 7) is 2.47. The summed E-state index contributed by atoms with van der Waals surface area (Å²) in [5.41, 5.74) is 1.05. The number of amides is 1. The zero-order valence-corrected chi connectivity index (χ0v) is 16.0. The van der Waals surface area contributed by atoms with Gasteiger partial charge in [-0.3, -0.25) is 9.59 Å². The van der Waals surface area contributed by atoms with Gasteiger partial charge >= 0.3 is 0 Å². The summed E-state index contributed by atoms with van der Waals surface area (Å²) >= 11 is 5.94. The van der Waals surface area contributed by atoms with Gasteiger partial charge in [-0.2, -0.15) is 5.10 Å². The Balaban J connectivity index is 1.86. The van der Waals surface area contributed by atoms with Gasteiger partial charge in [-0.1, -0.05) is 30.9 Å². The maximum Gasteiger partial charge on any atom is 0.278 e. The number of carbonyl (C=O) groups is 1. The minimum Gasteiger partial charge on any atom is -0.340 e. The summed E-state index contributed by atoms with van der Waals surface area (Å²) in [6.07, 6.45) is 6.01. The van der Waals surface area contributed by atoms with Crippen LogP contribution < -0.4 is 5.43 Å². The van der Waals surface area contributed by atoms with E-state index in [9.17, 15) is 9.59 Å². The van der Waals surface area contributed by atoms with Gasteiger partial charge in [0.2, 0.25) is 5.43 Å². The molecule has 1 aliphatic rings. The molecule has 0 radical (unpaired) electrons. The first-order valence-electron chi connectivity index (χ1n) is 9.08. The van der Waals surface area contributed by atoms with Crippen LogP contribution in [-0.4, -0.2) is 34.2 Å². The van der Waals surface area contributed by atoms with Crippen LogP contribution in [0.1, 0.15) is 48.3 Å². The highest BCUT2D eigenvalue weighted by Crippen LogP contribution is 2.24. The fraction of sp³-hybridized carbons (Fsp3) is 0.450. The lowest BCUT2D eigenvalue weighted by Crippen LogP contribution is -2.37. The standard InChI is InChI=1S/C20H24ClN3O2/c1-14-12-18(25)19(22-24(14)17-10-8-16(21)9-11-17)20(26)23(2)13-15-6-4-3-5-7-15/h8-12,15H,3-7,13H2,1-2H3. The number of aryl methyl sites for hydroxylation is 1. The SMILES string of the molecule is Cc1cc(=O)c(C(=O)N(C)CC2CCCCC2)nn1-c1ccc(Cl)cc1. The Hall–Kier alpha value is -2.14. The third kappa shape index (κ3) is 4.15. The van der Waals surface area contributed by atoms with Crippen molar-refractivity contribution in [1.82, 2.24) is 14.7 Å². The van der Waals surface area contributed by atoms with Gasteiger partial charge in [0.25, 0.3) is 5.91 Å². The molecule has 0 spiro atoms. The minimum absolute atomic E-state index is 0.0381. The van der Waals surface area contributed by atoms with Crippen molar-refractivity contribution in [3.63, 3.8) is 0 Å². The van der Waals surface area contributed by atoms with E-state index >= 15 is 0 Å². The van der Waals surface area contributed by atoms with E-state index in [1.54, 1.807) is 35.7 Å². The van der Waals surface area contributed by atoms with E-state index in [2.05, 4.69) is 5.10 Å². The molecule has 138 valence electrons. The normalized spacial score (nSPS) is 15.0. The molecule has 6 heteroatoms. The van der Waals surface area contributed by atoms with E-state index in [-0.39, 0.29) is 17.0 Å². The molecule has 0 atom stereocenters. The molecule has 2 aromatic rings. The molecule has 1 aromatic heterocycles. The van der Waals surface area contributed by atoms with Gasteiger partial charge in [0, 0.05) is 30.4 Å². The Morgan fingerprint density at radius 2 is 1.88 bits per heavy atom. The van der Waals surface area contributed by atoms with Crippen LogP contribution in [0.4, 0.5) is 0 Å². The summed E-state index contributed by atoms with van der Waals surface area (Å²) in [5.74, 6) is 0.199. The number of hydrogen-bond donors (Lipinski definition) is 0. The van der Waals surface area contributed by atoms with Crippen LogP contribution in [0.2, 0.25) is 5.02 Å². The highest BCUT2D eigenvalue weighted by Gasteiger charge is 2.22. The predicted molar refractivity (Wildman–Crippen MR) is 103 cm³/mol. The van der Waals surface area contributed by atoms with Crippen LogP contribution >= 0.6 is 11.6 Å². The first kappa shape index (κ1) is 18.6. The van der Waals surface area contributed by atoms with E-state index in [0.717, 1.165) is 18.5 Å². The van der Waals surface area contributed by atoms with Crippen molar-refractivity contribution < 1.29 is 4.79 Å². The van der Waals surface area contributed by atoms with E-state index < -0.39 is 0 Å². The highest BCUT2D eigenvalue weighted by molar-refractivity contribution is 6.30.